The summed E-state index contributed by atoms with van der Waals surface area (Å²) < 4.78 is 0. The lowest BCUT2D eigenvalue weighted by Crippen LogP contribution is -2.49. The SMILES string of the molecule is OC1(O)CCCC1(O)O. The minimum atomic E-state index is -2.30. The first-order chi connectivity index (χ1) is 3.96. The molecule has 9 heavy (non-hydrogen) atoms. The third-order valence-corrected chi connectivity index (χ3v) is 1.69. The summed E-state index contributed by atoms with van der Waals surface area (Å²) >= 11 is 0. The van der Waals surface area contributed by atoms with E-state index in [0.29, 0.717) is 6.42 Å². The van der Waals surface area contributed by atoms with E-state index < -0.39 is 11.6 Å². The molecule has 0 bridgehead atoms. The maximum Gasteiger partial charge on any atom is 0.218 e. The molecule has 1 rings (SSSR count). The molecule has 1 fully saturated rings. The molecule has 4 heteroatoms. The number of aliphatic hydroxyl groups is 4. The summed E-state index contributed by atoms with van der Waals surface area (Å²) in [6.07, 6.45) is 0.486. The Labute approximate surface area is 52.4 Å². The summed E-state index contributed by atoms with van der Waals surface area (Å²) in [5.41, 5.74) is 0. The Bertz CT molecular complexity index is 104. The largest absolute Gasteiger partial charge is 0.361 e. The molecule has 1 aliphatic rings. The zero-order valence-electron chi connectivity index (χ0n) is 4.91. The van der Waals surface area contributed by atoms with Gasteiger partial charge in [0.25, 0.3) is 0 Å². The zero-order chi connectivity index (χ0) is 7.12. The van der Waals surface area contributed by atoms with E-state index in [2.05, 4.69) is 0 Å². The van der Waals surface area contributed by atoms with Gasteiger partial charge in [0.2, 0.25) is 11.6 Å². The van der Waals surface area contributed by atoms with E-state index in [9.17, 15) is 0 Å². The van der Waals surface area contributed by atoms with Crippen LogP contribution in [0.1, 0.15) is 19.3 Å². The van der Waals surface area contributed by atoms with Crippen LogP contribution in [-0.2, 0) is 0 Å². The standard InChI is InChI=1S/C5H10O4/c6-4(7)2-1-3-5(4,8)9/h6-9H,1-3H2. The van der Waals surface area contributed by atoms with Gasteiger partial charge >= 0.3 is 0 Å². The highest BCUT2D eigenvalue weighted by Gasteiger charge is 2.51. The van der Waals surface area contributed by atoms with Crippen molar-refractivity contribution in [3.63, 3.8) is 0 Å². The monoisotopic (exact) mass is 134 g/mol. The van der Waals surface area contributed by atoms with E-state index in [1.807, 2.05) is 0 Å². The van der Waals surface area contributed by atoms with Crippen molar-refractivity contribution in [2.24, 2.45) is 0 Å². The molecule has 0 aromatic carbocycles. The zero-order valence-corrected chi connectivity index (χ0v) is 4.91. The van der Waals surface area contributed by atoms with Gasteiger partial charge in [-0.15, -0.1) is 0 Å². The second kappa shape index (κ2) is 1.67. The van der Waals surface area contributed by atoms with Crippen LogP contribution in [0.2, 0.25) is 0 Å². The molecular formula is C5H10O4. The average Bonchev–Trinajstić information content (AvgIpc) is 1.81. The van der Waals surface area contributed by atoms with Gasteiger partial charge in [-0.3, -0.25) is 0 Å². The van der Waals surface area contributed by atoms with E-state index in [1.165, 1.54) is 0 Å². The summed E-state index contributed by atoms with van der Waals surface area (Å²) in [5.74, 6) is -4.60. The summed E-state index contributed by atoms with van der Waals surface area (Å²) in [5, 5.41) is 35.1. The molecule has 1 saturated carbocycles. The second-order valence-electron chi connectivity index (χ2n) is 2.49. The fourth-order valence-electron chi connectivity index (χ4n) is 0.982. The maximum absolute atomic E-state index is 8.78. The van der Waals surface area contributed by atoms with Gasteiger partial charge in [0.1, 0.15) is 0 Å². The smallest absolute Gasteiger partial charge is 0.218 e. The predicted molar refractivity (Wildman–Crippen MR) is 28.2 cm³/mol. The summed E-state index contributed by atoms with van der Waals surface area (Å²) in [4.78, 5) is 0. The topological polar surface area (TPSA) is 80.9 Å². The van der Waals surface area contributed by atoms with Gasteiger partial charge in [-0.05, 0) is 6.42 Å². The van der Waals surface area contributed by atoms with Crippen LogP contribution in [0.3, 0.4) is 0 Å². The van der Waals surface area contributed by atoms with Gasteiger partial charge in [-0.1, -0.05) is 0 Å². The molecule has 0 heterocycles. The number of hydrogen-bond acceptors (Lipinski definition) is 4. The molecule has 0 saturated heterocycles. The van der Waals surface area contributed by atoms with Crippen molar-refractivity contribution >= 4 is 0 Å². The normalized spacial score (nSPS) is 30.7. The minimum Gasteiger partial charge on any atom is -0.361 e. The minimum absolute atomic E-state index is 0.0278. The Morgan fingerprint density at radius 2 is 1.11 bits per heavy atom. The number of hydrogen-bond donors (Lipinski definition) is 4. The molecule has 0 aliphatic heterocycles. The summed E-state index contributed by atoms with van der Waals surface area (Å²) in [7, 11) is 0. The van der Waals surface area contributed by atoms with Gasteiger partial charge in [-0.2, -0.15) is 0 Å². The van der Waals surface area contributed by atoms with Crippen LogP contribution in [0.15, 0.2) is 0 Å². The first kappa shape index (κ1) is 6.95. The van der Waals surface area contributed by atoms with Crippen molar-refractivity contribution in [3.8, 4) is 0 Å². The van der Waals surface area contributed by atoms with Crippen molar-refractivity contribution in [2.75, 3.05) is 0 Å². The summed E-state index contributed by atoms with van der Waals surface area (Å²) in [6.45, 7) is 0. The lowest BCUT2D eigenvalue weighted by atomic mass is 10.1. The Morgan fingerprint density at radius 3 is 1.22 bits per heavy atom. The molecule has 0 atom stereocenters. The van der Waals surface area contributed by atoms with Crippen LogP contribution in [0.25, 0.3) is 0 Å². The highest BCUT2D eigenvalue weighted by molar-refractivity contribution is 4.88. The highest BCUT2D eigenvalue weighted by Crippen LogP contribution is 2.34. The molecule has 0 spiro atoms. The highest BCUT2D eigenvalue weighted by atomic mass is 16.6. The lowest BCUT2D eigenvalue weighted by Gasteiger charge is -2.27. The van der Waals surface area contributed by atoms with Crippen LogP contribution < -0.4 is 0 Å². The first-order valence-electron chi connectivity index (χ1n) is 2.85. The fraction of sp³-hybridized carbons (Fsp3) is 1.00. The van der Waals surface area contributed by atoms with Crippen LogP contribution in [0, 0.1) is 0 Å². The lowest BCUT2D eigenvalue weighted by molar-refractivity contribution is -0.339. The molecule has 0 amide bonds. The van der Waals surface area contributed by atoms with Crippen molar-refractivity contribution in [3.05, 3.63) is 0 Å². The van der Waals surface area contributed by atoms with Crippen LogP contribution in [-0.4, -0.2) is 32.0 Å². The molecule has 54 valence electrons. The molecule has 0 radical (unpaired) electrons. The average molecular weight is 134 g/mol. The van der Waals surface area contributed by atoms with Gasteiger partial charge in [0.15, 0.2) is 0 Å². The molecule has 0 aromatic heterocycles. The molecule has 1 aliphatic carbocycles. The van der Waals surface area contributed by atoms with Crippen LogP contribution >= 0.6 is 0 Å². The third kappa shape index (κ3) is 0.943. The van der Waals surface area contributed by atoms with E-state index >= 15 is 0 Å². The van der Waals surface area contributed by atoms with Crippen molar-refractivity contribution < 1.29 is 20.4 Å². The van der Waals surface area contributed by atoms with Gasteiger partial charge < -0.3 is 20.4 Å². The van der Waals surface area contributed by atoms with E-state index in [0.717, 1.165) is 0 Å². The van der Waals surface area contributed by atoms with Crippen molar-refractivity contribution in [2.45, 2.75) is 30.8 Å². The quantitative estimate of drug-likeness (QED) is 0.305. The van der Waals surface area contributed by atoms with Crippen LogP contribution in [0.4, 0.5) is 0 Å². The van der Waals surface area contributed by atoms with Crippen LogP contribution in [0.5, 0.6) is 0 Å². The predicted octanol–water partition coefficient (Wildman–Crippen LogP) is -1.47. The molecule has 0 aromatic rings. The Kier molecular flexibility index (Phi) is 1.29. The Morgan fingerprint density at radius 1 is 0.778 bits per heavy atom. The van der Waals surface area contributed by atoms with Gasteiger partial charge in [-0.25, -0.2) is 0 Å². The van der Waals surface area contributed by atoms with E-state index in [4.69, 9.17) is 20.4 Å². The number of rotatable bonds is 0. The Hall–Kier alpha value is -0.160. The van der Waals surface area contributed by atoms with E-state index in [1.54, 1.807) is 0 Å². The molecule has 4 nitrogen and oxygen atoms in total. The third-order valence-electron chi connectivity index (χ3n) is 1.69. The Balaban J connectivity index is 2.75. The summed E-state index contributed by atoms with van der Waals surface area (Å²) in [6, 6.07) is 0. The first-order valence-corrected chi connectivity index (χ1v) is 2.85. The van der Waals surface area contributed by atoms with Gasteiger partial charge in [0, 0.05) is 12.8 Å². The fourth-order valence-corrected chi connectivity index (χ4v) is 0.982. The van der Waals surface area contributed by atoms with Crippen molar-refractivity contribution in [1.29, 1.82) is 0 Å². The molecular weight excluding hydrogens is 124 g/mol. The van der Waals surface area contributed by atoms with Gasteiger partial charge in [0.05, 0.1) is 0 Å². The molecule has 0 unspecified atom stereocenters. The van der Waals surface area contributed by atoms with E-state index in [-0.39, 0.29) is 12.8 Å². The maximum atomic E-state index is 8.78. The van der Waals surface area contributed by atoms with Crippen molar-refractivity contribution in [1.82, 2.24) is 0 Å². The molecule has 4 N–H and O–H groups in total. The second-order valence-corrected chi connectivity index (χ2v) is 2.49.